The second-order valence-electron chi connectivity index (χ2n) is 7.04. The van der Waals surface area contributed by atoms with Crippen LogP contribution in [0.1, 0.15) is 18.1 Å². The summed E-state index contributed by atoms with van der Waals surface area (Å²) in [6.45, 7) is 8.95. The Morgan fingerprint density at radius 2 is 1.83 bits per heavy atom. The minimum atomic E-state index is 0.643. The summed E-state index contributed by atoms with van der Waals surface area (Å²) in [5.74, 6) is 2.67. The average molecular weight is 397 g/mol. The molecule has 156 valence electrons. The minimum Gasteiger partial charge on any atom is -0.496 e. The quantitative estimate of drug-likeness (QED) is 0.552. The lowest BCUT2D eigenvalue weighted by molar-refractivity contribution is 0.270. The molecule has 0 amide bonds. The fourth-order valence-corrected chi connectivity index (χ4v) is 3.44. The summed E-state index contributed by atoms with van der Waals surface area (Å²) in [6.07, 6.45) is 1.95. The van der Waals surface area contributed by atoms with Gasteiger partial charge in [-0.1, -0.05) is 31.2 Å². The lowest BCUT2D eigenvalue weighted by atomic mass is 10.2. The van der Waals surface area contributed by atoms with Crippen LogP contribution in [0, 0.1) is 0 Å². The van der Waals surface area contributed by atoms with Crippen molar-refractivity contribution < 1.29 is 4.74 Å². The predicted molar refractivity (Wildman–Crippen MR) is 119 cm³/mol. The predicted octanol–water partition coefficient (Wildman–Crippen LogP) is 2.10. The molecule has 1 saturated heterocycles. The smallest absolute Gasteiger partial charge is 0.191 e. The third-order valence-corrected chi connectivity index (χ3v) is 5.27. The van der Waals surface area contributed by atoms with Gasteiger partial charge in [-0.05, 0) is 24.2 Å². The first-order valence-corrected chi connectivity index (χ1v) is 10.2. The van der Waals surface area contributed by atoms with Gasteiger partial charge in [0.05, 0.1) is 7.11 Å². The number of benzene rings is 1. The van der Waals surface area contributed by atoms with Crippen LogP contribution in [0.15, 0.2) is 47.6 Å². The van der Waals surface area contributed by atoms with Crippen LogP contribution >= 0.6 is 0 Å². The van der Waals surface area contributed by atoms with Gasteiger partial charge in [-0.15, -0.1) is 0 Å². The maximum atomic E-state index is 5.40. The van der Waals surface area contributed by atoms with Gasteiger partial charge in [0.2, 0.25) is 0 Å². The maximum Gasteiger partial charge on any atom is 0.191 e. The van der Waals surface area contributed by atoms with Crippen LogP contribution in [0.3, 0.4) is 0 Å². The molecule has 0 spiro atoms. The first-order chi connectivity index (χ1) is 14.2. The second-order valence-corrected chi connectivity index (χ2v) is 7.04. The molecule has 2 N–H and O–H groups in total. The van der Waals surface area contributed by atoms with Gasteiger partial charge in [-0.3, -0.25) is 4.99 Å². The Labute approximate surface area is 173 Å². The van der Waals surface area contributed by atoms with Crippen LogP contribution in [-0.2, 0) is 13.1 Å². The lowest BCUT2D eigenvalue weighted by Crippen LogP contribution is -2.46. The normalized spacial score (nSPS) is 15.3. The number of hydrogen-bond acceptors (Lipinski definition) is 5. The number of methoxy groups -OCH3 is 1. The molecule has 1 aromatic carbocycles. The average Bonchev–Trinajstić information content (AvgIpc) is 2.80. The van der Waals surface area contributed by atoms with Crippen molar-refractivity contribution in [3.63, 3.8) is 0 Å². The second kappa shape index (κ2) is 10.7. The van der Waals surface area contributed by atoms with E-state index in [0.717, 1.165) is 61.4 Å². The number of aromatic nitrogens is 1. The number of para-hydroxylation sites is 1. The molecule has 0 unspecified atom stereocenters. The standard InChI is InChI=1S/C22H32N6O/c1-4-27-11-13-28(14-12-27)21-10-9-18(15-24-21)16-25-22(23-2)26-17-19-7-5-6-8-20(19)29-3/h5-10,15H,4,11-14,16-17H2,1-3H3,(H2,23,25,26). The summed E-state index contributed by atoms with van der Waals surface area (Å²) in [6, 6.07) is 12.2. The van der Waals surface area contributed by atoms with Crippen LogP contribution in [-0.4, -0.2) is 62.7 Å². The Bertz CT molecular complexity index is 784. The number of nitrogens with one attached hydrogen (secondary N) is 2. The van der Waals surface area contributed by atoms with E-state index in [9.17, 15) is 0 Å². The Balaban J connectivity index is 1.48. The van der Waals surface area contributed by atoms with E-state index < -0.39 is 0 Å². The number of guanidine groups is 1. The number of ether oxygens (including phenoxy) is 1. The number of pyridine rings is 1. The van der Waals surface area contributed by atoms with E-state index in [0.29, 0.717) is 13.1 Å². The number of hydrogen-bond donors (Lipinski definition) is 2. The van der Waals surface area contributed by atoms with E-state index in [1.165, 1.54) is 0 Å². The summed E-state index contributed by atoms with van der Waals surface area (Å²) in [5, 5.41) is 6.67. The fourth-order valence-electron chi connectivity index (χ4n) is 3.44. The SMILES string of the molecule is CCN1CCN(c2ccc(CNC(=NC)NCc3ccccc3OC)cn2)CC1. The highest BCUT2D eigenvalue weighted by molar-refractivity contribution is 5.79. The van der Waals surface area contributed by atoms with Crippen molar-refractivity contribution in [2.24, 2.45) is 4.99 Å². The Hall–Kier alpha value is -2.80. The Morgan fingerprint density at radius 3 is 2.48 bits per heavy atom. The van der Waals surface area contributed by atoms with Gasteiger partial charge in [0.25, 0.3) is 0 Å². The Kier molecular flexibility index (Phi) is 7.69. The third kappa shape index (κ3) is 5.84. The molecule has 1 aliphatic heterocycles. The molecule has 1 aromatic heterocycles. The van der Waals surface area contributed by atoms with Gasteiger partial charge in [0.1, 0.15) is 11.6 Å². The lowest BCUT2D eigenvalue weighted by Gasteiger charge is -2.34. The molecule has 0 aliphatic carbocycles. The molecular formula is C22H32N6O. The summed E-state index contributed by atoms with van der Waals surface area (Å²) in [7, 11) is 3.46. The molecule has 2 aromatic rings. The number of aliphatic imine (C=N–C) groups is 1. The molecule has 0 atom stereocenters. The largest absolute Gasteiger partial charge is 0.496 e. The number of anilines is 1. The molecule has 0 saturated carbocycles. The zero-order chi connectivity index (χ0) is 20.5. The summed E-state index contributed by atoms with van der Waals surface area (Å²) in [4.78, 5) is 13.8. The van der Waals surface area contributed by atoms with E-state index in [4.69, 9.17) is 4.74 Å². The highest BCUT2D eigenvalue weighted by Crippen LogP contribution is 2.17. The zero-order valence-electron chi connectivity index (χ0n) is 17.7. The minimum absolute atomic E-state index is 0.643. The van der Waals surface area contributed by atoms with Gasteiger partial charge in [-0.25, -0.2) is 4.98 Å². The molecule has 0 bridgehead atoms. The van der Waals surface area contributed by atoms with E-state index in [1.54, 1.807) is 14.2 Å². The molecule has 1 aliphatic rings. The molecular weight excluding hydrogens is 364 g/mol. The Morgan fingerprint density at radius 1 is 1.07 bits per heavy atom. The van der Waals surface area contributed by atoms with Crippen molar-refractivity contribution in [1.82, 2.24) is 20.5 Å². The van der Waals surface area contributed by atoms with Crippen LogP contribution < -0.4 is 20.3 Å². The summed E-state index contributed by atoms with van der Waals surface area (Å²) >= 11 is 0. The maximum absolute atomic E-state index is 5.40. The third-order valence-electron chi connectivity index (χ3n) is 5.27. The van der Waals surface area contributed by atoms with E-state index >= 15 is 0 Å². The summed E-state index contributed by atoms with van der Waals surface area (Å²) < 4.78 is 5.40. The van der Waals surface area contributed by atoms with Crippen molar-refractivity contribution >= 4 is 11.8 Å². The highest BCUT2D eigenvalue weighted by atomic mass is 16.5. The molecule has 7 heteroatoms. The fraction of sp³-hybridized carbons (Fsp3) is 0.455. The topological polar surface area (TPSA) is 65.0 Å². The molecule has 0 radical (unpaired) electrons. The van der Waals surface area contributed by atoms with Gasteiger partial charge >= 0.3 is 0 Å². The molecule has 7 nitrogen and oxygen atoms in total. The van der Waals surface area contributed by atoms with E-state index in [-0.39, 0.29) is 0 Å². The molecule has 3 rings (SSSR count). The van der Waals surface area contributed by atoms with Crippen molar-refractivity contribution in [1.29, 1.82) is 0 Å². The first-order valence-electron chi connectivity index (χ1n) is 10.2. The van der Waals surface area contributed by atoms with Crippen molar-refractivity contribution in [3.05, 3.63) is 53.7 Å². The van der Waals surface area contributed by atoms with Crippen LogP contribution in [0.25, 0.3) is 0 Å². The van der Waals surface area contributed by atoms with Gasteiger partial charge in [-0.2, -0.15) is 0 Å². The highest BCUT2D eigenvalue weighted by Gasteiger charge is 2.16. The number of rotatable bonds is 7. The van der Waals surface area contributed by atoms with Gasteiger partial charge in [0, 0.05) is 58.1 Å². The van der Waals surface area contributed by atoms with Crippen LogP contribution in [0.5, 0.6) is 5.75 Å². The molecule has 29 heavy (non-hydrogen) atoms. The monoisotopic (exact) mass is 396 g/mol. The molecule has 2 heterocycles. The van der Waals surface area contributed by atoms with Crippen LogP contribution in [0.4, 0.5) is 5.82 Å². The van der Waals surface area contributed by atoms with Crippen molar-refractivity contribution in [3.8, 4) is 5.75 Å². The van der Waals surface area contributed by atoms with E-state index in [2.05, 4.69) is 49.5 Å². The van der Waals surface area contributed by atoms with Crippen LogP contribution in [0.2, 0.25) is 0 Å². The molecule has 1 fully saturated rings. The van der Waals surface area contributed by atoms with Gasteiger partial charge < -0.3 is 25.2 Å². The van der Waals surface area contributed by atoms with Crippen molar-refractivity contribution in [2.75, 3.05) is 51.8 Å². The number of nitrogens with zero attached hydrogens (tertiary/aromatic N) is 4. The van der Waals surface area contributed by atoms with Crippen molar-refractivity contribution in [2.45, 2.75) is 20.0 Å². The van der Waals surface area contributed by atoms with Gasteiger partial charge in [0.15, 0.2) is 5.96 Å². The zero-order valence-corrected chi connectivity index (χ0v) is 17.7. The number of likely N-dealkylation sites (N-methyl/N-ethyl adjacent to an activating group) is 1. The van der Waals surface area contributed by atoms with E-state index in [1.807, 2.05) is 30.5 Å². The first kappa shape index (κ1) is 20.9. The summed E-state index contributed by atoms with van der Waals surface area (Å²) in [5.41, 5.74) is 2.22. The number of piperazine rings is 1.